The number of aliphatic hydroxyl groups is 1. The van der Waals surface area contributed by atoms with Crippen molar-refractivity contribution in [2.45, 2.75) is 70.1 Å². The molecule has 0 aromatic heterocycles. The summed E-state index contributed by atoms with van der Waals surface area (Å²) in [6.45, 7) is 7.37. The molecule has 0 radical (unpaired) electrons. The van der Waals surface area contributed by atoms with E-state index in [1.807, 2.05) is 37.3 Å². The predicted molar refractivity (Wildman–Crippen MR) is 100 cm³/mol. The molecule has 3 nitrogen and oxygen atoms in total. The Balaban J connectivity index is 1.44. The molecule has 0 spiro atoms. The van der Waals surface area contributed by atoms with E-state index in [4.69, 9.17) is 0 Å². The van der Waals surface area contributed by atoms with Gasteiger partial charge in [-0.15, -0.1) is 0 Å². The Labute approximate surface area is 147 Å². The quantitative estimate of drug-likeness (QED) is 0.867. The van der Waals surface area contributed by atoms with E-state index in [0.717, 1.165) is 17.5 Å². The van der Waals surface area contributed by atoms with Crippen LogP contribution >= 0.6 is 0 Å². The van der Waals surface area contributed by atoms with Crippen LogP contribution in [-0.4, -0.2) is 41.7 Å². The van der Waals surface area contributed by atoms with Gasteiger partial charge in [-0.3, -0.25) is 0 Å². The molecule has 1 saturated carbocycles. The maximum absolute atomic E-state index is 10.7. The minimum atomic E-state index is -0.794. The Kier molecular flexibility index (Phi) is 5.96. The van der Waals surface area contributed by atoms with Crippen molar-refractivity contribution in [3.05, 3.63) is 35.9 Å². The highest BCUT2D eigenvalue weighted by atomic mass is 16.3. The van der Waals surface area contributed by atoms with E-state index in [1.165, 1.54) is 51.6 Å². The average molecular weight is 331 g/mol. The molecule has 2 aliphatic rings. The predicted octanol–water partition coefficient (Wildman–Crippen LogP) is 3.53. The number of hydrogen-bond donors (Lipinski definition) is 2. The van der Waals surface area contributed by atoms with E-state index < -0.39 is 5.60 Å². The van der Waals surface area contributed by atoms with Gasteiger partial charge in [-0.1, -0.05) is 50.1 Å². The fourth-order valence-corrected chi connectivity index (χ4v) is 4.44. The van der Waals surface area contributed by atoms with Crippen LogP contribution in [0.1, 0.15) is 57.9 Å². The lowest BCUT2D eigenvalue weighted by atomic mass is 9.85. The third-order valence-electron chi connectivity index (χ3n) is 6.09. The summed E-state index contributed by atoms with van der Waals surface area (Å²) >= 11 is 0. The normalized spacial score (nSPS) is 29.3. The Bertz CT molecular complexity index is 494. The van der Waals surface area contributed by atoms with Crippen molar-refractivity contribution in [1.82, 2.24) is 10.2 Å². The lowest BCUT2D eigenvalue weighted by Gasteiger charge is -2.41. The first-order chi connectivity index (χ1) is 11.5. The van der Waals surface area contributed by atoms with Crippen molar-refractivity contribution >= 4 is 0 Å². The van der Waals surface area contributed by atoms with Crippen molar-refractivity contribution in [3.8, 4) is 0 Å². The minimum absolute atomic E-state index is 0.539. The summed E-state index contributed by atoms with van der Waals surface area (Å²) in [5, 5.41) is 14.3. The van der Waals surface area contributed by atoms with Crippen molar-refractivity contribution in [2.75, 3.05) is 19.6 Å². The second kappa shape index (κ2) is 7.99. The lowest BCUT2D eigenvalue weighted by Crippen LogP contribution is -2.49. The molecule has 3 unspecified atom stereocenters. The number of piperidine rings is 1. The smallest absolute Gasteiger partial charge is 0.0992 e. The van der Waals surface area contributed by atoms with Gasteiger partial charge in [0, 0.05) is 18.6 Å². The summed E-state index contributed by atoms with van der Waals surface area (Å²) in [5.74, 6) is 0.903. The number of nitrogens with zero attached hydrogens (tertiary/aromatic N) is 1. The standard InChI is InChI=1S/C21H34N2O/c1-17-7-6-10-20(15-17)23-13-11-19(12-14-23)22-16-21(2,24)18-8-4-3-5-9-18/h3-5,8-9,17,19-20,22,24H,6-7,10-16H2,1-2H3. The topological polar surface area (TPSA) is 35.5 Å². The highest BCUT2D eigenvalue weighted by Crippen LogP contribution is 2.29. The maximum atomic E-state index is 10.7. The van der Waals surface area contributed by atoms with E-state index in [-0.39, 0.29) is 0 Å². The monoisotopic (exact) mass is 330 g/mol. The highest BCUT2D eigenvalue weighted by Gasteiger charge is 2.29. The second-order valence-corrected chi connectivity index (χ2v) is 8.26. The van der Waals surface area contributed by atoms with Gasteiger partial charge >= 0.3 is 0 Å². The van der Waals surface area contributed by atoms with Crippen LogP contribution in [-0.2, 0) is 5.60 Å². The number of nitrogens with one attached hydrogen (secondary N) is 1. The van der Waals surface area contributed by atoms with Gasteiger partial charge in [0.05, 0.1) is 5.60 Å². The van der Waals surface area contributed by atoms with Crippen molar-refractivity contribution in [3.63, 3.8) is 0 Å². The van der Waals surface area contributed by atoms with Gasteiger partial charge in [0.1, 0.15) is 0 Å². The Morgan fingerprint density at radius 3 is 2.50 bits per heavy atom. The first-order valence-corrected chi connectivity index (χ1v) is 9.80. The molecular formula is C21H34N2O. The SMILES string of the molecule is CC1CCCC(N2CCC(NCC(C)(O)c3ccccc3)CC2)C1. The van der Waals surface area contributed by atoms with Gasteiger partial charge in [-0.25, -0.2) is 0 Å². The van der Waals surface area contributed by atoms with Gasteiger partial charge in [0.25, 0.3) is 0 Å². The second-order valence-electron chi connectivity index (χ2n) is 8.26. The highest BCUT2D eigenvalue weighted by molar-refractivity contribution is 5.21. The maximum Gasteiger partial charge on any atom is 0.0992 e. The van der Waals surface area contributed by atoms with Crippen molar-refractivity contribution < 1.29 is 5.11 Å². The van der Waals surface area contributed by atoms with Crippen LogP contribution in [0, 0.1) is 5.92 Å². The van der Waals surface area contributed by atoms with E-state index in [0.29, 0.717) is 12.6 Å². The molecule has 3 atom stereocenters. The number of rotatable bonds is 5. The molecule has 0 amide bonds. The van der Waals surface area contributed by atoms with E-state index in [9.17, 15) is 5.11 Å². The molecule has 2 fully saturated rings. The van der Waals surface area contributed by atoms with Gasteiger partial charge in [-0.2, -0.15) is 0 Å². The fourth-order valence-electron chi connectivity index (χ4n) is 4.44. The molecule has 1 aromatic rings. The third kappa shape index (κ3) is 4.59. The van der Waals surface area contributed by atoms with E-state index >= 15 is 0 Å². The first-order valence-electron chi connectivity index (χ1n) is 9.80. The zero-order valence-electron chi connectivity index (χ0n) is 15.4. The van der Waals surface area contributed by atoms with Gasteiger partial charge in [0.15, 0.2) is 0 Å². The fraction of sp³-hybridized carbons (Fsp3) is 0.714. The van der Waals surface area contributed by atoms with E-state index in [2.05, 4.69) is 17.1 Å². The first kappa shape index (κ1) is 17.9. The number of benzene rings is 1. The molecule has 3 heteroatoms. The van der Waals surface area contributed by atoms with Crippen LogP contribution in [0.3, 0.4) is 0 Å². The van der Waals surface area contributed by atoms with Crippen LogP contribution in [0.25, 0.3) is 0 Å². The molecule has 3 rings (SSSR count). The minimum Gasteiger partial charge on any atom is -0.384 e. The third-order valence-corrected chi connectivity index (χ3v) is 6.09. The summed E-state index contributed by atoms with van der Waals surface area (Å²) in [7, 11) is 0. The summed E-state index contributed by atoms with van der Waals surface area (Å²) in [4.78, 5) is 2.73. The molecule has 1 aliphatic carbocycles. The van der Waals surface area contributed by atoms with Crippen LogP contribution < -0.4 is 5.32 Å². The molecule has 2 N–H and O–H groups in total. The largest absolute Gasteiger partial charge is 0.384 e. The molecule has 134 valence electrons. The summed E-state index contributed by atoms with van der Waals surface area (Å²) < 4.78 is 0. The van der Waals surface area contributed by atoms with Crippen LogP contribution in [0.15, 0.2) is 30.3 Å². The molecule has 1 aliphatic heterocycles. The zero-order valence-corrected chi connectivity index (χ0v) is 15.4. The van der Waals surface area contributed by atoms with Crippen LogP contribution in [0.5, 0.6) is 0 Å². The molecule has 0 bridgehead atoms. The Hall–Kier alpha value is -0.900. The molecular weight excluding hydrogens is 296 g/mol. The molecule has 24 heavy (non-hydrogen) atoms. The summed E-state index contributed by atoms with van der Waals surface area (Å²) in [6, 6.07) is 11.4. The zero-order chi connectivity index (χ0) is 17.0. The van der Waals surface area contributed by atoms with Crippen LogP contribution in [0.4, 0.5) is 0 Å². The van der Waals surface area contributed by atoms with Crippen molar-refractivity contribution in [2.24, 2.45) is 5.92 Å². The van der Waals surface area contributed by atoms with Gasteiger partial charge in [-0.05, 0) is 57.2 Å². The lowest BCUT2D eigenvalue weighted by molar-refractivity contribution is 0.0461. The van der Waals surface area contributed by atoms with Gasteiger partial charge < -0.3 is 15.3 Å². The van der Waals surface area contributed by atoms with Gasteiger partial charge in [0.2, 0.25) is 0 Å². The molecule has 1 heterocycles. The van der Waals surface area contributed by atoms with Crippen molar-refractivity contribution in [1.29, 1.82) is 0 Å². The Morgan fingerprint density at radius 1 is 1.12 bits per heavy atom. The summed E-state index contributed by atoms with van der Waals surface area (Å²) in [6.07, 6.45) is 8.02. The molecule has 1 saturated heterocycles. The summed E-state index contributed by atoms with van der Waals surface area (Å²) in [5.41, 5.74) is 0.197. The molecule has 1 aromatic carbocycles. The van der Waals surface area contributed by atoms with E-state index in [1.54, 1.807) is 0 Å². The van der Waals surface area contributed by atoms with Crippen LogP contribution in [0.2, 0.25) is 0 Å². The average Bonchev–Trinajstić information content (AvgIpc) is 2.61. The number of hydrogen-bond acceptors (Lipinski definition) is 3. The Morgan fingerprint density at radius 2 is 1.83 bits per heavy atom. The number of likely N-dealkylation sites (tertiary alicyclic amines) is 1.